The van der Waals surface area contributed by atoms with Crippen molar-refractivity contribution < 1.29 is 4.42 Å². The van der Waals surface area contributed by atoms with Crippen LogP contribution in [0.3, 0.4) is 0 Å². The highest BCUT2D eigenvalue weighted by molar-refractivity contribution is 7.71. The molecule has 0 aliphatic heterocycles. The van der Waals surface area contributed by atoms with Gasteiger partial charge in [0.15, 0.2) is 16.4 Å². The number of hydrogen-bond acceptors (Lipinski definition) is 5. The van der Waals surface area contributed by atoms with Crippen molar-refractivity contribution in [3.63, 3.8) is 0 Å². The number of aromatic nitrogens is 5. The number of hydrogen-bond donors (Lipinski definition) is 0. The van der Waals surface area contributed by atoms with Gasteiger partial charge in [-0.05, 0) is 49.1 Å². The molecule has 0 radical (unpaired) electrons. The second-order valence-corrected chi connectivity index (χ2v) is 8.30. The Morgan fingerprint density at radius 1 is 0.939 bits per heavy atom. The quantitative estimate of drug-likeness (QED) is 0.308. The minimum Gasteiger partial charge on any atom is -0.461 e. The van der Waals surface area contributed by atoms with Crippen molar-refractivity contribution in [1.29, 1.82) is 0 Å². The van der Waals surface area contributed by atoms with Gasteiger partial charge >= 0.3 is 0 Å². The maximum Gasteiger partial charge on any atom is 0.199 e. The Morgan fingerprint density at radius 3 is 2.42 bits per heavy atom. The van der Waals surface area contributed by atoms with Crippen LogP contribution in [-0.4, -0.2) is 36.1 Å². The van der Waals surface area contributed by atoms with Crippen molar-refractivity contribution in [2.24, 2.45) is 0 Å². The molecule has 0 bridgehead atoms. The molecule has 0 N–H and O–H groups in total. The molecule has 5 rings (SSSR count). The first-order chi connectivity index (χ1) is 16.2. The fourth-order valence-electron chi connectivity index (χ4n) is 3.78. The van der Waals surface area contributed by atoms with E-state index in [4.69, 9.17) is 21.7 Å². The van der Waals surface area contributed by atoms with E-state index in [2.05, 4.69) is 22.1 Å². The summed E-state index contributed by atoms with van der Waals surface area (Å²) in [5, 5.41) is 9.30. The van der Waals surface area contributed by atoms with Crippen LogP contribution >= 0.6 is 12.2 Å². The van der Waals surface area contributed by atoms with Crippen molar-refractivity contribution >= 4 is 12.2 Å². The summed E-state index contributed by atoms with van der Waals surface area (Å²) in [6, 6.07) is 24.1. The van der Waals surface area contributed by atoms with Gasteiger partial charge in [0, 0.05) is 18.3 Å². The zero-order valence-corrected chi connectivity index (χ0v) is 19.1. The Bertz CT molecular complexity index is 1370. The molecule has 2 aromatic carbocycles. The van der Waals surface area contributed by atoms with E-state index < -0.39 is 0 Å². The number of benzene rings is 2. The first-order valence-electron chi connectivity index (χ1n) is 10.7. The number of para-hydroxylation sites is 1. The maximum absolute atomic E-state index is 5.82. The predicted molar refractivity (Wildman–Crippen MR) is 129 cm³/mol. The smallest absolute Gasteiger partial charge is 0.199 e. The summed E-state index contributed by atoms with van der Waals surface area (Å²) >= 11 is 5.82. The van der Waals surface area contributed by atoms with E-state index in [1.54, 1.807) is 6.26 Å². The highest BCUT2D eigenvalue weighted by Gasteiger charge is 2.16. The fourth-order valence-corrected chi connectivity index (χ4v) is 4.03. The second-order valence-electron chi connectivity index (χ2n) is 7.94. The molecule has 3 heterocycles. The Labute approximate surface area is 197 Å². The van der Waals surface area contributed by atoms with Crippen LogP contribution in [0.5, 0.6) is 0 Å². The lowest BCUT2D eigenvalue weighted by atomic mass is 10.2. The lowest BCUT2D eigenvalue weighted by molar-refractivity contribution is 0.244. The van der Waals surface area contributed by atoms with Crippen LogP contribution in [0.1, 0.15) is 11.1 Å². The predicted octanol–water partition coefficient (Wildman–Crippen LogP) is 5.00. The Balaban J connectivity index is 1.36. The van der Waals surface area contributed by atoms with Gasteiger partial charge in [0.2, 0.25) is 0 Å². The van der Waals surface area contributed by atoms with Gasteiger partial charge in [0.1, 0.15) is 0 Å². The molecule has 0 aliphatic rings. The Morgan fingerprint density at radius 2 is 1.70 bits per heavy atom. The van der Waals surface area contributed by atoms with Crippen LogP contribution in [0.25, 0.3) is 17.3 Å². The average Bonchev–Trinajstić information content (AvgIpc) is 3.59. The van der Waals surface area contributed by atoms with Gasteiger partial charge in [-0.2, -0.15) is 5.10 Å². The van der Waals surface area contributed by atoms with Crippen molar-refractivity contribution in [3.05, 3.63) is 107 Å². The summed E-state index contributed by atoms with van der Waals surface area (Å²) < 4.78 is 12.0. The summed E-state index contributed by atoms with van der Waals surface area (Å²) in [6.07, 6.45) is 5.60. The molecule has 0 saturated heterocycles. The summed E-state index contributed by atoms with van der Waals surface area (Å²) in [5.41, 5.74) is 3.31. The molecule has 0 spiro atoms. The van der Waals surface area contributed by atoms with Crippen molar-refractivity contribution in [2.75, 3.05) is 7.05 Å². The average molecular weight is 457 g/mol. The van der Waals surface area contributed by atoms with E-state index in [0.717, 1.165) is 29.2 Å². The maximum atomic E-state index is 5.82. The summed E-state index contributed by atoms with van der Waals surface area (Å²) in [5.74, 6) is 1.42. The number of nitrogens with zero attached hydrogens (tertiary/aromatic N) is 6. The summed E-state index contributed by atoms with van der Waals surface area (Å²) in [6.45, 7) is 1.89. The third-order valence-corrected chi connectivity index (χ3v) is 5.76. The van der Waals surface area contributed by atoms with E-state index >= 15 is 0 Å². The van der Waals surface area contributed by atoms with Crippen LogP contribution in [0.4, 0.5) is 0 Å². The van der Waals surface area contributed by atoms with Crippen LogP contribution in [0.15, 0.2) is 95.9 Å². The number of furan rings is 1. The van der Waals surface area contributed by atoms with E-state index in [1.165, 1.54) is 0 Å². The molecule has 33 heavy (non-hydrogen) atoms. The summed E-state index contributed by atoms with van der Waals surface area (Å²) in [4.78, 5) is 2.16. The molecule has 7 nitrogen and oxygen atoms in total. The molecule has 8 heteroatoms. The number of rotatable bonds is 8. The third-order valence-electron chi connectivity index (χ3n) is 5.33. The fraction of sp³-hybridized carbons (Fsp3) is 0.160. The van der Waals surface area contributed by atoms with E-state index in [0.29, 0.717) is 23.7 Å². The highest BCUT2D eigenvalue weighted by atomic mass is 32.1. The topological polar surface area (TPSA) is 57.0 Å². The zero-order chi connectivity index (χ0) is 22.6. The molecule has 0 unspecified atom stereocenters. The van der Waals surface area contributed by atoms with Gasteiger partial charge in [-0.3, -0.25) is 9.47 Å². The lowest BCUT2D eigenvalue weighted by Crippen LogP contribution is -2.22. The molecular weight excluding hydrogens is 432 g/mol. The molecule has 166 valence electrons. The van der Waals surface area contributed by atoms with Crippen LogP contribution < -0.4 is 0 Å². The molecule has 0 aliphatic carbocycles. The van der Waals surface area contributed by atoms with Crippen LogP contribution in [0, 0.1) is 4.77 Å². The van der Waals surface area contributed by atoms with Crippen LogP contribution in [-0.2, 0) is 19.8 Å². The van der Waals surface area contributed by atoms with E-state index in [1.807, 2.05) is 94.0 Å². The molecule has 0 saturated carbocycles. The SMILES string of the molecule is CN(Cc1cnn(-c2ccccc2)c1)Cn1nc(-c2ccco2)n(Cc2ccccc2)c1=S. The molecule has 3 aromatic heterocycles. The van der Waals surface area contributed by atoms with E-state index in [9.17, 15) is 0 Å². The Kier molecular flexibility index (Phi) is 6.01. The van der Waals surface area contributed by atoms with Gasteiger partial charge in [-0.15, -0.1) is 5.10 Å². The third kappa shape index (κ3) is 4.72. The Hall–Kier alpha value is -3.75. The second kappa shape index (κ2) is 9.40. The monoisotopic (exact) mass is 456 g/mol. The molecular formula is C25H24N6OS. The first-order valence-corrected chi connectivity index (χ1v) is 11.1. The van der Waals surface area contributed by atoms with Crippen molar-refractivity contribution in [1.82, 2.24) is 29.0 Å². The minimum atomic E-state index is 0.546. The molecule has 0 atom stereocenters. The summed E-state index contributed by atoms with van der Waals surface area (Å²) in [7, 11) is 2.05. The van der Waals surface area contributed by atoms with Gasteiger partial charge in [0.25, 0.3) is 0 Å². The van der Waals surface area contributed by atoms with Crippen molar-refractivity contribution in [2.45, 2.75) is 19.8 Å². The molecule has 0 amide bonds. The van der Waals surface area contributed by atoms with Gasteiger partial charge in [-0.25, -0.2) is 9.36 Å². The van der Waals surface area contributed by atoms with Gasteiger partial charge in [-0.1, -0.05) is 48.5 Å². The van der Waals surface area contributed by atoms with Crippen molar-refractivity contribution in [3.8, 4) is 17.3 Å². The zero-order valence-electron chi connectivity index (χ0n) is 18.3. The van der Waals surface area contributed by atoms with E-state index in [-0.39, 0.29) is 0 Å². The normalized spacial score (nSPS) is 11.3. The first kappa shape index (κ1) is 21.1. The highest BCUT2D eigenvalue weighted by Crippen LogP contribution is 2.21. The minimum absolute atomic E-state index is 0.546. The van der Waals surface area contributed by atoms with Gasteiger partial charge < -0.3 is 4.42 Å². The van der Waals surface area contributed by atoms with Gasteiger partial charge in [0.05, 0.1) is 31.4 Å². The molecule has 0 fully saturated rings. The standard InChI is InChI=1S/C25H24N6OS/c1-28(16-21-15-26-30(18-21)22-11-6-3-7-12-22)19-31-25(33)29(17-20-9-4-2-5-10-20)24(27-31)23-13-8-14-32-23/h2-15,18H,16-17,19H2,1H3. The lowest BCUT2D eigenvalue weighted by Gasteiger charge is -2.15. The van der Waals surface area contributed by atoms with Crippen LogP contribution in [0.2, 0.25) is 0 Å². The molecule has 5 aromatic rings. The largest absolute Gasteiger partial charge is 0.461 e.